The van der Waals surface area contributed by atoms with Crippen molar-refractivity contribution in [1.82, 2.24) is 38.7 Å². The fraction of sp³-hybridized carbons (Fsp3) is 0.182. The number of benzene rings is 2. The molecule has 5 rings (SSSR count). The molecule has 0 atom stereocenters. The second-order valence-corrected chi connectivity index (χ2v) is 8.47. The van der Waals surface area contributed by atoms with Crippen LogP contribution in [0.1, 0.15) is 11.4 Å². The highest BCUT2D eigenvalue weighted by atomic mass is 35.5. The summed E-state index contributed by atoms with van der Waals surface area (Å²) in [6.07, 6.45) is 3.19. The fourth-order valence-electron chi connectivity index (χ4n) is 3.71. The second kappa shape index (κ2) is 9.00. The van der Waals surface area contributed by atoms with E-state index in [4.69, 9.17) is 11.6 Å². The van der Waals surface area contributed by atoms with E-state index in [0.29, 0.717) is 17.3 Å². The number of fused-ring (bicyclic) bond motifs is 1. The molecule has 3 aromatic heterocycles. The van der Waals surface area contributed by atoms with Crippen molar-refractivity contribution >= 4 is 34.1 Å². The van der Waals surface area contributed by atoms with Crippen molar-refractivity contribution in [3.63, 3.8) is 0 Å². The van der Waals surface area contributed by atoms with Crippen LogP contribution in [0, 0.1) is 11.6 Å². The van der Waals surface area contributed by atoms with Gasteiger partial charge < -0.3 is 5.32 Å². The van der Waals surface area contributed by atoms with Crippen molar-refractivity contribution in [1.29, 1.82) is 0 Å². The molecule has 0 aliphatic carbocycles. The number of halogens is 3. The van der Waals surface area contributed by atoms with Crippen LogP contribution in [0.15, 0.2) is 52.4 Å². The number of nitrogens with one attached hydrogen (secondary N) is 1. The summed E-state index contributed by atoms with van der Waals surface area (Å²) in [5.41, 5.74) is -0.666. The maximum absolute atomic E-state index is 14.5. The van der Waals surface area contributed by atoms with Gasteiger partial charge in [0.05, 0.1) is 29.3 Å². The Balaban J connectivity index is 1.63. The zero-order chi connectivity index (χ0) is 25.6. The summed E-state index contributed by atoms with van der Waals surface area (Å²) in [5.74, 6) is -1.58. The zero-order valence-electron chi connectivity index (χ0n) is 19.0. The lowest BCUT2D eigenvalue weighted by atomic mass is 10.2. The molecule has 0 fully saturated rings. The van der Waals surface area contributed by atoms with Crippen LogP contribution in [0.25, 0.3) is 10.9 Å². The number of hydrogen-bond acceptors (Lipinski definition) is 7. The maximum atomic E-state index is 14.5. The summed E-state index contributed by atoms with van der Waals surface area (Å²) in [4.78, 5) is 34.3. The van der Waals surface area contributed by atoms with Crippen LogP contribution in [0.3, 0.4) is 0 Å². The number of rotatable bonds is 6. The smallest absolute Gasteiger partial charge is 0.324 e. The van der Waals surface area contributed by atoms with E-state index < -0.39 is 23.0 Å². The van der Waals surface area contributed by atoms with Crippen molar-refractivity contribution in [3.8, 4) is 0 Å². The Morgan fingerprint density at radius 3 is 2.53 bits per heavy atom. The number of aromatic nitrogens is 8. The molecular formula is C22H18ClF2N9O2. The molecule has 0 amide bonds. The Morgan fingerprint density at radius 1 is 1.00 bits per heavy atom. The largest absolute Gasteiger partial charge is 0.355 e. The van der Waals surface area contributed by atoms with Gasteiger partial charge in [-0.1, -0.05) is 17.7 Å². The average Bonchev–Trinajstić information content (AvgIpc) is 3.39. The third kappa shape index (κ3) is 4.47. The lowest BCUT2D eigenvalue weighted by Crippen LogP contribution is -2.43. The predicted octanol–water partition coefficient (Wildman–Crippen LogP) is 2.19. The van der Waals surface area contributed by atoms with Crippen molar-refractivity contribution < 1.29 is 8.78 Å². The molecule has 0 spiro atoms. The highest BCUT2D eigenvalue weighted by molar-refractivity contribution is 6.34. The number of aryl methyl sites for hydroxylation is 2. The topological polar surface area (TPSA) is 117 Å². The van der Waals surface area contributed by atoms with Crippen LogP contribution in [0.2, 0.25) is 5.02 Å². The summed E-state index contributed by atoms with van der Waals surface area (Å²) >= 11 is 6.41. The van der Waals surface area contributed by atoms with Gasteiger partial charge in [-0.05, 0) is 18.2 Å². The first-order chi connectivity index (χ1) is 17.2. The zero-order valence-corrected chi connectivity index (χ0v) is 19.7. The first kappa shape index (κ1) is 23.4. The van der Waals surface area contributed by atoms with Crippen LogP contribution in [-0.4, -0.2) is 38.7 Å². The summed E-state index contributed by atoms with van der Waals surface area (Å²) < 4.78 is 32.9. The molecule has 0 bridgehead atoms. The SMILES string of the molecule is Cn1cnc(Cn2c(=O)nc(Nc3cc4cn(C)nc4cc3Cl)n(Cc3ccc(F)cc3F)c2=O)n1. The third-order valence-electron chi connectivity index (χ3n) is 5.39. The molecule has 5 aromatic rings. The van der Waals surface area contributed by atoms with E-state index in [1.165, 1.54) is 17.1 Å². The predicted molar refractivity (Wildman–Crippen MR) is 127 cm³/mol. The molecule has 0 radical (unpaired) electrons. The fourth-order valence-corrected chi connectivity index (χ4v) is 3.91. The maximum Gasteiger partial charge on any atom is 0.355 e. The summed E-state index contributed by atoms with van der Waals surface area (Å²) in [7, 11) is 3.40. The molecule has 0 aliphatic heterocycles. The van der Waals surface area contributed by atoms with Gasteiger partial charge in [0.2, 0.25) is 5.95 Å². The normalized spacial score (nSPS) is 11.4. The first-order valence-electron chi connectivity index (χ1n) is 10.6. The van der Waals surface area contributed by atoms with Crippen LogP contribution in [0.4, 0.5) is 20.4 Å². The summed E-state index contributed by atoms with van der Waals surface area (Å²) in [6, 6.07) is 6.30. The van der Waals surface area contributed by atoms with Crippen molar-refractivity contribution in [2.45, 2.75) is 13.1 Å². The Hall–Kier alpha value is -4.39. The molecule has 0 saturated carbocycles. The lowest BCUT2D eigenvalue weighted by molar-refractivity contribution is 0.544. The minimum absolute atomic E-state index is 0.0123. The van der Waals surface area contributed by atoms with Gasteiger partial charge >= 0.3 is 11.4 Å². The molecular weight excluding hydrogens is 496 g/mol. The van der Waals surface area contributed by atoms with E-state index in [0.717, 1.165) is 20.6 Å². The highest BCUT2D eigenvalue weighted by Gasteiger charge is 2.18. The van der Waals surface area contributed by atoms with Crippen LogP contribution >= 0.6 is 11.6 Å². The molecule has 184 valence electrons. The molecule has 0 unspecified atom stereocenters. The van der Waals surface area contributed by atoms with E-state index >= 15 is 0 Å². The van der Waals surface area contributed by atoms with E-state index in [-0.39, 0.29) is 35.4 Å². The Bertz CT molecular complexity index is 1740. The molecule has 3 heterocycles. The standard InChI is InChI=1S/C22H18ClF2N9O2/c1-31-8-13-5-18(15(23)7-17(13)29-31)27-20-28-21(35)34(10-19-26-11-32(2)30-19)22(36)33(20)9-12-3-4-14(24)6-16(12)25/h3-8,11H,9-10H2,1-2H3,(H,27,28,35). The van der Waals surface area contributed by atoms with Gasteiger partial charge in [-0.15, -0.1) is 0 Å². The van der Waals surface area contributed by atoms with E-state index in [1.807, 2.05) is 0 Å². The third-order valence-corrected chi connectivity index (χ3v) is 5.71. The number of nitrogens with zero attached hydrogens (tertiary/aromatic N) is 8. The van der Waals surface area contributed by atoms with Crippen molar-refractivity contribution in [2.24, 2.45) is 14.1 Å². The van der Waals surface area contributed by atoms with Gasteiger partial charge in [-0.25, -0.2) is 27.9 Å². The molecule has 36 heavy (non-hydrogen) atoms. The summed E-state index contributed by atoms with van der Waals surface area (Å²) in [6.45, 7) is -0.594. The van der Waals surface area contributed by atoms with Gasteiger partial charge in [-0.3, -0.25) is 13.9 Å². The first-order valence-corrected chi connectivity index (χ1v) is 11.0. The minimum atomic E-state index is -0.871. The van der Waals surface area contributed by atoms with Gasteiger partial charge in [0.15, 0.2) is 5.82 Å². The van der Waals surface area contributed by atoms with Crippen LogP contribution in [-0.2, 0) is 27.2 Å². The van der Waals surface area contributed by atoms with Gasteiger partial charge in [0.25, 0.3) is 0 Å². The average molecular weight is 514 g/mol. The van der Waals surface area contributed by atoms with E-state index in [2.05, 4.69) is 25.5 Å². The van der Waals surface area contributed by atoms with Gasteiger partial charge in [0, 0.05) is 37.3 Å². The molecule has 1 N–H and O–H groups in total. The minimum Gasteiger partial charge on any atom is -0.324 e. The van der Waals surface area contributed by atoms with E-state index in [1.54, 1.807) is 37.1 Å². The molecule has 14 heteroatoms. The number of hydrogen-bond donors (Lipinski definition) is 1. The van der Waals surface area contributed by atoms with Crippen LogP contribution < -0.4 is 16.7 Å². The Labute approximate surface area is 206 Å². The Kier molecular flexibility index (Phi) is 5.84. The van der Waals surface area contributed by atoms with Crippen molar-refractivity contribution in [3.05, 3.63) is 91.9 Å². The molecule has 11 nitrogen and oxygen atoms in total. The van der Waals surface area contributed by atoms with Crippen LogP contribution in [0.5, 0.6) is 0 Å². The lowest BCUT2D eigenvalue weighted by Gasteiger charge is -2.16. The molecule has 0 saturated heterocycles. The van der Waals surface area contributed by atoms with E-state index in [9.17, 15) is 18.4 Å². The second-order valence-electron chi connectivity index (χ2n) is 8.06. The number of anilines is 2. The molecule has 2 aromatic carbocycles. The molecule has 0 aliphatic rings. The Morgan fingerprint density at radius 2 is 1.81 bits per heavy atom. The van der Waals surface area contributed by atoms with Gasteiger partial charge in [0.1, 0.15) is 18.0 Å². The summed E-state index contributed by atoms with van der Waals surface area (Å²) in [5, 5.41) is 12.3. The van der Waals surface area contributed by atoms with Gasteiger partial charge in [-0.2, -0.15) is 15.2 Å². The quantitative estimate of drug-likeness (QED) is 0.370. The highest BCUT2D eigenvalue weighted by Crippen LogP contribution is 2.29. The monoisotopic (exact) mass is 513 g/mol. The van der Waals surface area contributed by atoms with Crippen molar-refractivity contribution in [2.75, 3.05) is 5.32 Å².